The zero-order chi connectivity index (χ0) is 22.3. The summed E-state index contributed by atoms with van der Waals surface area (Å²) >= 11 is 1.59. The van der Waals surface area contributed by atoms with Gasteiger partial charge in [0.05, 0.1) is 17.4 Å². The molecule has 9 heteroatoms. The van der Waals surface area contributed by atoms with Gasteiger partial charge >= 0.3 is 0 Å². The van der Waals surface area contributed by atoms with Crippen molar-refractivity contribution in [1.29, 1.82) is 0 Å². The second kappa shape index (κ2) is 7.79. The molecule has 3 N–H and O–H groups in total. The molecule has 7 nitrogen and oxygen atoms in total. The number of aromatic nitrogens is 6. The number of hydrogen-bond acceptors (Lipinski definition) is 6. The standard InChI is InChI=1S/C24H18FN7S/c25-18-2-1-6-24(12-18,17-13-28-29-14-17)32-21-5-7-26-22(31-21)16-4-3-15-10-20(30-19(15)11-16)23-27-8-9-33-23/h1-11,13-14,30H,12H2,(H,28,29)(H,26,31,32). The van der Waals surface area contributed by atoms with Crippen molar-refractivity contribution in [3.05, 3.63) is 90.1 Å². The second-order valence-corrected chi connectivity index (χ2v) is 8.72. The average molecular weight is 456 g/mol. The molecule has 1 aromatic carbocycles. The molecule has 0 fully saturated rings. The Balaban J connectivity index is 1.34. The number of fused-ring (bicyclic) bond motifs is 1. The Kier molecular flexibility index (Phi) is 4.62. The number of nitrogens with zero attached hydrogens (tertiary/aromatic N) is 4. The highest BCUT2D eigenvalue weighted by molar-refractivity contribution is 7.13. The van der Waals surface area contributed by atoms with Crippen LogP contribution in [0.2, 0.25) is 0 Å². The summed E-state index contributed by atoms with van der Waals surface area (Å²) in [6, 6.07) is 9.93. The van der Waals surface area contributed by atoms with Crippen LogP contribution in [0, 0.1) is 0 Å². The fourth-order valence-corrected chi connectivity index (χ4v) is 4.70. The van der Waals surface area contributed by atoms with E-state index in [1.54, 1.807) is 48.3 Å². The first-order chi connectivity index (χ1) is 16.2. The van der Waals surface area contributed by atoms with Gasteiger partial charge in [-0.25, -0.2) is 19.3 Å². The monoisotopic (exact) mass is 455 g/mol. The molecule has 33 heavy (non-hydrogen) atoms. The minimum absolute atomic E-state index is 0.163. The number of nitrogens with one attached hydrogen (secondary N) is 3. The van der Waals surface area contributed by atoms with Crippen molar-refractivity contribution >= 4 is 28.1 Å². The quantitative estimate of drug-likeness (QED) is 0.321. The second-order valence-electron chi connectivity index (χ2n) is 7.82. The van der Waals surface area contributed by atoms with E-state index in [-0.39, 0.29) is 12.2 Å². The van der Waals surface area contributed by atoms with Crippen LogP contribution in [0.15, 0.2) is 84.6 Å². The number of halogens is 1. The smallest absolute Gasteiger partial charge is 0.161 e. The summed E-state index contributed by atoms with van der Waals surface area (Å²) in [5.74, 6) is 0.953. The molecule has 4 heterocycles. The van der Waals surface area contributed by atoms with Gasteiger partial charge in [-0.05, 0) is 24.3 Å². The number of aromatic amines is 2. The number of H-pyrrole nitrogens is 2. The highest BCUT2D eigenvalue weighted by atomic mass is 32.1. The van der Waals surface area contributed by atoms with E-state index in [4.69, 9.17) is 4.98 Å². The summed E-state index contributed by atoms with van der Waals surface area (Å²) in [5.41, 5.74) is 2.88. The number of anilines is 1. The molecule has 1 unspecified atom stereocenters. The van der Waals surface area contributed by atoms with Gasteiger partial charge in [0.25, 0.3) is 0 Å². The lowest BCUT2D eigenvalue weighted by atomic mass is 9.85. The van der Waals surface area contributed by atoms with Gasteiger partial charge in [0.2, 0.25) is 0 Å². The first-order valence-corrected chi connectivity index (χ1v) is 11.2. The highest BCUT2D eigenvalue weighted by Gasteiger charge is 2.34. The topological polar surface area (TPSA) is 95.2 Å². The van der Waals surface area contributed by atoms with Gasteiger partial charge in [-0.15, -0.1) is 11.3 Å². The van der Waals surface area contributed by atoms with E-state index in [1.807, 2.05) is 29.7 Å². The van der Waals surface area contributed by atoms with Crippen LogP contribution in [0.1, 0.15) is 12.0 Å². The van der Waals surface area contributed by atoms with Crippen LogP contribution in [0.3, 0.4) is 0 Å². The molecule has 6 rings (SSSR count). The van der Waals surface area contributed by atoms with E-state index in [0.717, 1.165) is 32.7 Å². The Hall–Kier alpha value is -4.11. The van der Waals surface area contributed by atoms with Crippen molar-refractivity contribution in [2.24, 2.45) is 0 Å². The van der Waals surface area contributed by atoms with Gasteiger partial charge in [-0.3, -0.25) is 5.10 Å². The molecule has 0 spiro atoms. The summed E-state index contributed by atoms with van der Waals surface area (Å²) in [7, 11) is 0. The minimum Gasteiger partial charge on any atom is -0.356 e. The predicted octanol–water partition coefficient (Wildman–Crippen LogP) is 5.59. The van der Waals surface area contributed by atoms with Crippen LogP contribution >= 0.6 is 11.3 Å². The van der Waals surface area contributed by atoms with Crippen LogP contribution in [0.4, 0.5) is 10.2 Å². The van der Waals surface area contributed by atoms with Gasteiger partial charge in [0, 0.05) is 52.4 Å². The zero-order valence-corrected chi connectivity index (χ0v) is 18.1. The van der Waals surface area contributed by atoms with E-state index in [9.17, 15) is 4.39 Å². The summed E-state index contributed by atoms with van der Waals surface area (Å²) in [4.78, 5) is 17.0. The maximum atomic E-state index is 14.3. The lowest BCUT2D eigenvalue weighted by molar-refractivity contribution is 0.492. The molecular formula is C24H18FN7S. The van der Waals surface area contributed by atoms with Crippen molar-refractivity contribution in [2.45, 2.75) is 12.0 Å². The maximum Gasteiger partial charge on any atom is 0.161 e. The first-order valence-electron chi connectivity index (χ1n) is 10.4. The van der Waals surface area contributed by atoms with Crippen molar-refractivity contribution in [3.8, 4) is 22.1 Å². The van der Waals surface area contributed by atoms with Crippen LogP contribution in [0.5, 0.6) is 0 Å². The Morgan fingerprint density at radius 2 is 2.09 bits per heavy atom. The van der Waals surface area contributed by atoms with Crippen LogP contribution in [0.25, 0.3) is 33.0 Å². The average Bonchev–Trinajstić information content (AvgIpc) is 3.60. The number of benzene rings is 1. The van der Waals surface area contributed by atoms with Crippen LogP contribution in [-0.2, 0) is 5.54 Å². The molecule has 1 atom stereocenters. The third-order valence-electron chi connectivity index (χ3n) is 5.67. The summed E-state index contributed by atoms with van der Waals surface area (Å²) in [5, 5.41) is 14.3. The first kappa shape index (κ1) is 19.6. The molecule has 0 bridgehead atoms. The Labute approximate surface area is 192 Å². The predicted molar refractivity (Wildman–Crippen MR) is 127 cm³/mol. The van der Waals surface area contributed by atoms with Crippen molar-refractivity contribution in [3.63, 3.8) is 0 Å². The molecule has 0 amide bonds. The number of rotatable bonds is 5. The van der Waals surface area contributed by atoms with Crippen molar-refractivity contribution in [1.82, 2.24) is 30.1 Å². The summed E-state index contributed by atoms with van der Waals surface area (Å²) in [6.45, 7) is 0. The molecule has 0 radical (unpaired) electrons. The number of thiazole rings is 1. The van der Waals surface area contributed by atoms with Gasteiger partial charge in [-0.2, -0.15) is 5.10 Å². The number of hydrogen-bond donors (Lipinski definition) is 3. The zero-order valence-electron chi connectivity index (χ0n) is 17.3. The maximum absolute atomic E-state index is 14.3. The van der Waals surface area contributed by atoms with Gasteiger partial charge < -0.3 is 10.3 Å². The fourth-order valence-electron chi connectivity index (χ4n) is 4.09. The molecule has 1 aliphatic rings. The van der Waals surface area contributed by atoms with E-state index < -0.39 is 5.54 Å². The highest BCUT2D eigenvalue weighted by Crippen LogP contribution is 2.36. The van der Waals surface area contributed by atoms with Crippen LogP contribution in [-0.4, -0.2) is 30.1 Å². The lowest BCUT2D eigenvalue weighted by Gasteiger charge is -2.32. The van der Waals surface area contributed by atoms with Gasteiger partial charge in [0.1, 0.15) is 16.7 Å². The van der Waals surface area contributed by atoms with E-state index in [2.05, 4.69) is 36.5 Å². The summed E-state index contributed by atoms with van der Waals surface area (Å²) < 4.78 is 14.3. The summed E-state index contributed by atoms with van der Waals surface area (Å²) in [6.07, 6.45) is 12.2. The minimum atomic E-state index is -0.788. The fraction of sp³-hybridized carbons (Fsp3) is 0.0833. The largest absolute Gasteiger partial charge is 0.356 e. The molecule has 5 aromatic rings. The Bertz CT molecular complexity index is 1480. The van der Waals surface area contributed by atoms with Crippen molar-refractivity contribution < 1.29 is 4.39 Å². The molecule has 162 valence electrons. The Morgan fingerprint density at radius 1 is 1.12 bits per heavy atom. The SMILES string of the molecule is FC1=CC=CC(Nc2ccnc(-c3ccc4cc(-c5nccs5)[nH]c4c3)n2)(c2cn[nH]c2)C1. The molecule has 0 saturated carbocycles. The number of allylic oxidation sites excluding steroid dienone is 2. The van der Waals surface area contributed by atoms with E-state index in [0.29, 0.717) is 11.6 Å². The van der Waals surface area contributed by atoms with Gasteiger partial charge in [-0.1, -0.05) is 24.3 Å². The lowest BCUT2D eigenvalue weighted by Crippen LogP contribution is -2.34. The van der Waals surface area contributed by atoms with Crippen molar-refractivity contribution in [2.75, 3.05) is 5.32 Å². The molecule has 4 aromatic heterocycles. The molecule has 0 aliphatic heterocycles. The third kappa shape index (κ3) is 3.62. The normalized spacial score (nSPS) is 17.9. The Morgan fingerprint density at radius 3 is 2.91 bits per heavy atom. The van der Waals surface area contributed by atoms with E-state index in [1.165, 1.54) is 6.08 Å². The van der Waals surface area contributed by atoms with Crippen LogP contribution < -0.4 is 5.32 Å². The molecular weight excluding hydrogens is 437 g/mol. The van der Waals surface area contributed by atoms with E-state index >= 15 is 0 Å². The third-order valence-corrected chi connectivity index (χ3v) is 6.48. The molecule has 0 saturated heterocycles. The molecule has 1 aliphatic carbocycles. The van der Waals surface area contributed by atoms with Gasteiger partial charge in [0.15, 0.2) is 5.82 Å².